The summed E-state index contributed by atoms with van der Waals surface area (Å²) >= 11 is 2.08. The zero-order valence-corrected chi connectivity index (χ0v) is 13.5. The molecule has 19 heavy (non-hydrogen) atoms. The van der Waals surface area contributed by atoms with Gasteiger partial charge in [-0.3, -0.25) is 4.90 Å². The van der Waals surface area contributed by atoms with Gasteiger partial charge in [0.05, 0.1) is 0 Å². The molecule has 1 saturated heterocycles. The second-order valence-corrected chi connectivity index (χ2v) is 7.66. The van der Waals surface area contributed by atoms with Crippen LogP contribution >= 0.6 is 11.8 Å². The van der Waals surface area contributed by atoms with Crippen LogP contribution < -0.4 is 5.73 Å². The van der Waals surface area contributed by atoms with Crippen LogP contribution in [-0.2, 0) is 0 Å². The average Bonchev–Trinajstić information content (AvgIpc) is 2.38. The lowest BCUT2D eigenvalue weighted by atomic mass is 9.86. The maximum atomic E-state index is 8.75. The van der Waals surface area contributed by atoms with E-state index in [0.29, 0.717) is 11.9 Å². The van der Waals surface area contributed by atoms with Gasteiger partial charge in [0.1, 0.15) is 5.84 Å². The van der Waals surface area contributed by atoms with Gasteiger partial charge in [-0.05, 0) is 26.3 Å². The molecule has 0 aromatic rings. The Labute approximate surface area is 121 Å². The summed E-state index contributed by atoms with van der Waals surface area (Å²) in [6.45, 7) is 11.1. The van der Waals surface area contributed by atoms with Crippen molar-refractivity contribution in [3.63, 3.8) is 0 Å². The summed E-state index contributed by atoms with van der Waals surface area (Å²) in [6, 6.07) is 0.677. The first kappa shape index (κ1) is 16.6. The molecule has 1 rings (SSSR count). The van der Waals surface area contributed by atoms with Gasteiger partial charge in [-0.1, -0.05) is 32.3 Å². The van der Waals surface area contributed by atoms with E-state index < -0.39 is 0 Å². The molecule has 1 heterocycles. The van der Waals surface area contributed by atoms with Crippen LogP contribution in [0.15, 0.2) is 5.16 Å². The van der Waals surface area contributed by atoms with Crippen LogP contribution in [0.2, 0.25) is 0 Å². The van der Waals surface area contributed by atoms with Gasteiger partial charge < -0.3 is 10.9 Å². The minimum atomic E-state index is -0.203. The highest BCUT2D eigenvalue weighted by Crippen LogP contribution is 2.26. The maximum Gasteiger partial charge on any atom is 0.144 e. The number of nitrogens with zero attached hydrogens (tertiary/aromatic N) is 2. The zero-order chi connectivity index (χ0) is 14.5. The van der Waals surface area contributed by atoms with Gasteiger partial charge in [0.2, 0.25) is 0 Å². The van der Waals surface area contributed by atoms with Crippen LogP contribution in [0.3, 0.4) is 0 Å². The van der Waals surface area contributed by atoms with Crippen molar-refractivity contribution in [1.82, 2.24) is 4.90 Å². The molecule has 0 saturated carbocycles. The van der Waals surface area contributed by atoms with Gasteiger partial charge in [0.15, 0.2) is 0 Å². The van der Waals surface area contributed by atoms with Crippen molar-refractivity contribution in [3.05, 3.63) is 0 Å². The number of unbranched alkanes of at least 4 members (excludes halogenated alkanes) is 1. The molecule has 3 N–H and O–H groups in total. The van der Waals surface area contributed by atoms with E-state index in [0.717, 1.165) is 24.6 Å². The fraction of sp³-hybridized carbons (Fsp3) is 0.929. The van der Waals surface area contributed by atoms with Crippen LogP contribution in [0, 0.1) is 5.41 Å². The second-order valence-electron chi connectivity index (χ2n) is 6.18. The molecule has 2 unspecified atom stereocenters. The van der Waals surface area contributed by atoms with Crippen molar-refractivity contribution in [1.29, 1.82) is 0 Å². The first-order chi connectivity index (χ1) is 8.88. The van der Waals surface area contributed by atoms with E-state index in [1.807, 2.05) is 13.8 Å². The van der Waals surface area contributed by atoms with Gasteiger partial charge in [-0.2, -0.15) is 11.8 Å². The van der Waals surface area contributed by atoms with Crippen molar-refractivity contribution >= 4 is 17.6 Å². The molecule has 0 radical (unpaired) electrons. The molecule has 1 aliphatic heterocycles. The predicted octanol–water partition coefficient (Wildman–Crippen LogP) is 2.76. The lowest BCUT2D eigenvalue weighted by molar-refractivity contribution is 0.206. The van der Waals surface area contributed by atoms with Crippen LogP contribution in [0.4, 0.5) is 0 Å². The first-order valence-electron chi connectivity index (χ1n) is 7.22. The Morgan fingerprint density at radius 3 is 2.74 bits per heavy atom. The molecule has 0 aromatic heterocycles. The van der Waals surface area contributed by atoms with E-state index in [1.165, 1.54) is 18.7 Å². The molecule has 0 amide bonds. The predicted molar refractivity (Wildman–Crippen MR) is 84.0 cm³/mol. The lowest BCUT2D eigenvalue weighted by Gasteiger charge is -2.37. The van der Waals surface area contributed by atoms with E-state index in [1.54, 1.807) is 0 Å². The van der Waals surface area contributed by atoms with Crippen molar-refractivity contribution in [2.24, 2.45) is 16.3 Å². The summed E-state index contributed by atoms with van der Waals surface area (Å²) < 4.78 is 0. The van der Waals surface area contributed by atoms with E-state index >= 15 is 0 Å². The summed E-state index contributed by atoms with van der Waals surface area (Å²) in [4.78, 5) is 2.59. The second kappa shape index (κ2) is 7.39. The quantitative estimate of drug-likeness (QED) is 0.259. The number of oxime groups is 1. The number of rotatable bonds is 6. The Morgan fingerprint density at radius 2 is 2.11 bits per heavy atom. The number of amidine groups is 1. The van der Waals surface area contributed by atoms with Crippen molar-refractivity contribution in [2.45, 2.75) is 58.2 Å². The Balaban J connectivity index is 2.27. The molecule has 0 bridgehead atoms. The van der Waals surface area contributed by atoms with Crippen molar-refractivity contribution in [3.8, 4) is 0 Å². The number of hydrogen-bond acceptors (Lipinski definition) is 4. The van der Waals surface area contributed by atoms with E-state index in [9.17, 15) is 0 Å². The summed E-state index contributed by atoms with van der Waals surface area (Å²) in [5.41, 5.74) is 5.50. The van der Waals surface area contributed by atoms with E-state index in [2.05, 4.69) is 35.7 Å². The molecule has 5 heteroatoms. The van der Waals surface area contributed by atoms with Crippen molar-refractivity contribution < 1.29 is 5.21 Å². The topological polar surface area (TPSA) is 61.8 Å². The summed E-state index contributed by atoms with van der Waals surface area (Å²) in [7, 11) is 0. The minimum absolute atomic E-state index is 0.203. The Bertz CT molecular complexity index is 307. The highest BCUT2D eigenvalue weighted by Gasteiger charge is 2.26. The molecular formula is C14H29N3OS. The largest absolute Gasteiger partial charge is 0.409 e. The minimum Gasteiger partial charge on any atom is -0.409 e. The molecule has 112 valence electrons. The van der Waals surface area contributed by atoms with Crippen LogP contribution in [-0.4, -0.2) is 46.1 Å². The van der Waals surface area contributed by atoms with Gasteiger partial charge in [-0.15, -0.1) is 0 Å². The smallest absolute Gasteiger partial charge is 0.144 e. The first-order valence-corrected chi connectivity index (χ1v) is 8.27. The number of thioether (sulfide) groups is 1. The highest BCUT2D eigenvalue weighted by atomic mass is 32.2. The third kappa shape index (κ3) is 4.88. The Hall–Kier alpha value is -0.420. The molecule has 0 aliphatic carbocycles. The average molecular weight is 287 g/mol. The highest BCUT2D eigenvalue weighted by molar-refractivity contribution is 8.00. The fourth-order valence-electron chi connectivity index (χ4n) is 2.46. The van der Waals surface area contributed by atoms with Gasteiger partial charge in [0.25, 0.3) is 0 Å². The van der Waals surface area contributed by atoms with E-state index in [-0.39, 0.29) is 5.41 Å². The molecule has 2 atom stereocenters. The molecule has 1 aliphatic rings. The summed E-state index contributed by atoms with van der Waals surface area (Å²) in [5, 5.41) is 12.6. The van der Waals surface area contributed by atoms with Crippen LogP contribution in [0.1, 0.15) is 47.0 Å². The van der Waals surface area contributed by atoms with Gasteiger partial charge in [0, 0.05) is 29.0 Å². The molecule has 1 fully saturated rings. The Morgan fingerprint density at radius 1 is 1.42 bits per heavy atom. The van der Waals surface area contributed by atoms with Crippen LogP contribution in [0.5, 0.6) is 0 Å². The van der Waals surface area contributed by atoms with E-state index in [4.69, 9.17) is 10.9 Å². The molecule has 0 spiro atoms. The molecule has 4 nitrogen and oxygen atoms in total. The number of hydrogen-bond donors (Lipinski definition) is 2. The fourth-order valence-corrected chi connectivity index (χ4v) is 3.62. The van der Waals surface area contributed by atoms with Crippen molar-refractivity contribution in [2.75, 3.05) is 18.8 Å². The SMILES string of the molecule is CC1SCCN(CCCCC(C)(C)C(N)=NO)C1C. The zero-order valence-electron chi connectivity index (χ0n) is 12.7. The summed E-state index contributed by atoms with van der Waals surface area (Å²) in [6.07, 6.45) is 3.27. The standard InChI is InChI=1S/C14H29N3OS/c1-11-12(2)19-10-9-17(11)8-6-5-7-14(3,4)13(15)16-18/h11-12,18H,5-10H2,1-4H3,(H2,15,16). The van der Waals surface area contributed by atoms with Crippen LogP contribution in [0.25, 0.3) is 0 Å². The maximum absolute atomic E-state index is 8.75. The normalized spacial score (nSPS) is 26.6. The van der Waals surface area contributed by atoms with Gasteiger partial charge in [-0.25, -0.2) is 0 Å². The lowest BCUT2D eigenvalue weighted by Crippen LogP contribution is -2.45. The van der Waals surface area contributed by atoms with Gasteiger partial charge >= 0.3 is 0 Å². The Kier molecular flexibility index (Phi) is 6.47. The third-order valence-corrected chi connectivity index (χ3v) is 5.65. The monoisotopic (exact) mass is 287 g/mol. The third-order valence-electron chi connectivity index (χ3n) is 4.31. The molecule has 0 aromatic carbocycles. The summed E-state index contributed by atoms with van der Waals surface area (Å²) in [5.74, 6) is 1.59. The molecular weight excluding hydrogens is 258 g/mol. The number of nitrogens with two attached hydrogens (primary N) is 1.